The Bertz CT molecular complexity index is 298. The molecule has 0 aliphatic rings. The summed E-state index contributed by atoms with van der Waals surface area (Å²) in [7, 11) is -3.39. The van der Waals surface area contributed by atoms with E-state index in [2.05, 4.69) is 13.8 Å². The number of hydrogen-bond donors (Lipinski definition) is 2. The average molecular weight is 421 g/mol. The fourth-order valence-corrected chi connectivity index (χ4v) is 5.07. The molecule has 2 N–H and O–H groups in total. The maximum absolute atomic E-state index is 10.1. The van der Waals surface area contributed by atoms with Crippen LogP contribution in [0, 0.1) is 0 Å². The molecule has 0 radical (unpaired) electrons. The van der Waals surface area contributed by atoms with Gasteiger partial charge in [-0.1, -0.05) is 6.92 Å². The Morgan fingerprint density at radius 3 is 1.18 bits per heavy atom. The maximum atomic E-state index is 10.1. The van der Waals surface area contributed by atoms with E-state index in [1.807, 2.05) is 0 Å². The van der Waals surface area contributed by atoms with Crippen LogP contribution in [0.3, 0.4) is 0 Å². The van der Waals surface area contributed by atoms with Gasteiger partial charge in [0.05, 0.1) is 0 Å². The zero-order valence-electron chi connectivity index (χ0n) is 19.4. The molecule has 0 aliphatic carbocycles. The normalized spacial score (nSPS) is 12.6. The monoisotopic (exact) mass is 420 g/mol. The first kappa shape index (κ1) is 28.3. The van der Waals surface area contributed by atoms with E-state index in [4.69, 9.17) is 4.52 Å². The summed E-state index contributed by atoms with van der Waals surface area (Å²) in [5.74, 6) is 0. The molecule has 0 aliphatic heterocycles. The van der Waals surface area contributed by atoms with Crippen LogP contribution in [-0.4, -0.2) is 22.6 Å². The second-order valence-corrected chi connectivity index (χ2v) is 11.0. The molecule has 0 atom stereocenters. The molecule has 28 heavy (non-hydrogen) atoms. The van der Waals surface area contributed by atoms with Crippen molar-refractivity contribution >= 4 is 7.94 Å². The average Bonchev–Trinajstić information content (AvgIpc) is 2.67. The Morgan fingerprint density at radius 2 is 0.786 bits per heavy atom. The van der Waals surface area contributed by atoms with Crippen molar-refractivity contribution in [3.8, 4) is 0 Å². The summed E-state index contributed by atoms with van der Waals surface area (Å²) in [4.78, 5) is 20.1. The molecule has 0 heterocycles. The van der Waals surface area contributed by atoms with Gasteiger partial charge in [-0.05, 0) is 0 Å². The summed E-state index contributed by atoms with van der Waals surface area (Å²) in [5.41, 5.74) is 0. The summed E-state index contributed by atoms with van der Waals surface area (Å²) in [5, 5.41) is 0. The van der Waals surface area contributed by atoms with Crippen molar-refractivity contribution < 1.29 is 14.3 Å². The van der Waals surface area contributed by atoms with E-state index >= 15 is 0 Å². The molecule has 172 valence electrons. The third kappa shape index (κ3) is 22.6. The molecule has 0 saturated carbocycles. The van der Waals surface area contributed by atoms with Crippen molar-refractivity contribution in [2.45, 2.75) is 142 Å². The summed E-state index contributed by atoms with van der Waals surface area (Å²) < 4.78 is 5.43. The second-order valence-electron chi connectivity index (χ2n) is 8.71. The van der Waals surface area contributed by atoms with E-state index in [1.54, 1.807) is 0 Å². The quantitative estimate of drug-likeness (QED) is 0.129. The molecule has 0 aromatic heterocycles. The van der Waals surface area contributed by atoms with Gasteiger partial charge in [0.2, 0.25) is 0 Å². The Kier molecular flexibility index (Phi) is 22.2. The van der Waals surface area contributed by atoms with Gasteiger partial charge in [-0.3, -0.25) is 0 Å². The summed E-state index contributed by atoms with van der Waals surface area (Å²) in [6.45, 7) is 5.04. The van der Waals surface area contributed by atoms with Crippen LogP contribution in [0.1, 0.15) is 142 Å². The van der Waals surface area contributed by atoms with Gasteiger partial charge in [-0.25, -0.2) is 0 Å². The van der Waals surface area contributed by atoms with E-state index in [0.29, 0.717) is 12.8 Å². The van der Waals surface area contributed by atoms with Gasteiger partial charge < -0.3 is 0 Å². The topological polar surface area (TPSA) is 49.7 Å². The van der Waals surface area contributed by atoms with E-state index in [-0.39, 0.29) is 0 Å². The van der Waals surface area contributed by atoms with Crippen LogP contribution in [0.15, 0.2) is 0 Å². The van der Waals surface area contributed by atoms with Crippen LogP contribution in [0.25, 0.3) is 0 Å². The van der Waals surface area contributed by atoms with Crippen molar-refractivity contribution in [2.75, 3.05) is 12.8 Å². The molecule has 4 heteroatoms. The summed E-state index contributed by atoms with van der Waals surface area (Å²) in [6, 6.07) is 0. The SMILES string of the molecule is CCCCCCCCCCCCO[PH](O)(O)CCCCCCCCCCCC. The van der Waals surface area contributed by atoms with Crippen LogP contribution in [0.2, 0.25) is 0 Å². The molecule has 0 saturated heterocycles. The number of rotatable bonds is 23. The molecule has 0 amide bonds. The van der Waals surface area contributed by atoms with Gasteiger partial charge in [0.15, 0.2) is 0 Å². The zero-order valence-corrected chi connectivity index (χ0v) is 20.4. The predicted molar refractivity (Wildman–Crippen MR) is 127 cm³/mol. The van der Waals surface area contributed by atoms with Gasteiger partial charge >= 0.3 is 170 Å². The van der Waals surface area contributed by atoms with Crippen molar-refractivity contribution in [3.05, 3.63) is 0 Å². The fraction of sp³-hybridized carbons (Fsp3) is 1.00. The minimum atomic E-state index is -3.39. The van der Waals surface area contributed by atoms with Crippen LogP contribution in [0.4, 0.5) is 0 Å². The summed E-state index contributed by atoms with van der Waals surface area (Å²) in [6.07, 6.45) is 26.0. The van der Waals surface area contributed by atoms with E-state index in [0.717, 1.165) is 25.7 Å². The molecular formula is C24H53O3P. The van der Waals surface area contributed by atoms with Crippen molar-refractivity contribution in [1.29, 1.82) is 0 Å². The van der Waals surface area contributed by atoms with Gasteiger partial charge in [0, 0.05) is 0 Å². The Labute approximate surface area is 177 Å². The molecule has 0 aromatic carbocycles. The van der Waals surface area contributed by atoms with Crippen LogP contribution in [0.5, 0.6) is 0 Å². The second kappa shape index (κ2) is 22.0. The molecule has 0 bridgehead atoms. The Hall–Kier alpha value is 0.310. The van der Waals surface area contributed by atoms with Gasteiger partial charge in [0.25, 0.3) is 0 Å². The van der Waals surface area contributed by atoms with Crippen molar-refractivity contribution in [3.63, 3.8) is 0 Å². The molecular weight excluding hydrogens is 367 g/mol. The molecule has 0 unspecified atom stereocenters. The van der Waals surface area contributed by atoms with Gasteiger partial charge in [0.1, 0.15) is 0 Å². The third-order valence-corrected chi connectivity index (χ3v) is 7.36. The van der Waals surface area contributed by atoms with Crippen molar-refractivity contribution in [2.24, 2.45) is 0 Å². The minimum absolute atomic E-state index is 0.473. The zero-order chi connectivity index (χ0) is 20.8. The predicted octanol–water partition coefficient (Wildman–Crippen LogP) is 8.32. The van der Waals surface area contributed by atoms with Gasteiger partial charge in [-0.15, -0.1) is 0 Å². The van der Waals surface area contributed by atoms with E-state index in [1.165, 1.54) is 103 Å². The third-order valence-electron chi connectivity index (χ3n) is 5.69. The van der Waals surface area contributed by atoms with Crippen LogP contribution in [-0.2, 0) is 4.52 Å². The van der Waals surface area contributed by atoms with E-state index < -0.39 is 7.94 Å². The van der Waals surface area contributed by atoms with E-state index in [9.17, 15) is 9.79 Å². The molecule has 0 spiro atoms. The first-order chi connectivity index (χ1) is 13.6. The molecule has 3 nitrogen and oxygen atoms in total. The molecule has 0 fully saturated rings. The summed E-state index contributed by atoms with van der Waals surface area (Å²) >= 11 is 0. The standard InChI is InChI=1S/C24H53O3P/c1-3-5-7-9-11-13-15-17-19-21-23-27-28(25,26)24-22-20-18-16-14-12-10-8-6-4-2/h25-26,28H,3-24H2,1-2H3. The first-order valence-electron chi connectivity index (χ1n) is 12.7. The molecule has 0 aromatic rings. The van der Waals surface area contributed by atoms with Crippen LogP contribution < -0.4 is 0 Å². The van der Waals surface area contributed by atoms with Gasteiger partial charge in [-0.2, -0.15) is 0 Å². The Balaban J connectivity index is 3.30. The molecule has 0 rings (SSSR count). The first-order valence-corrected chi connectivity index (χ1v) is 14.7. The number of unbranched alkanes of at least 4 members (excludes halogenated alkanes) is 18. The number of hydrogen-bond acceptors (Lipinski definition) is 3. The Morgan fingerprint density at radius 1 is 0.464 bits per heavy atom. The van der Waals surface area contributed by atoms with Crippen LogP contribution >= 0.6 is 7.94 Å². The fourth-order valence-electron chi connectivity index (χ4n) is 3.74. The van der Waals surface area contributed by atoms with Crippen molar-refractivity contribution in [1.82, 2.24) is 0 Å².